The lowest BCUT2D eigenvalue weighted by Crippen LogP contribution is -2.43. The Balaban J connectivity index is 1.43. The maximum atomic E-state index is 13.2. The van der Waals surface area contributed by atoms with Crippen LogP contribution in [0.2, 0.25) is 0 Å². The van der Waals surface area contributed by atoms with Gasteiger partial charge >= 0.3 is 5.97 Å². The molecule has 0 unspecified atom stereocenters. The van der Waals surface area contributed by atoms with E-state index in [0.717, 1.165) is 92.2 Å². The van der Waals surface area contributed by atoms with Crippen molar-refractivity contribution in [3.63, 3.8) is 0 Å². The summed E-state index contributed by atoms with van der Waals surface area (Å²) in [5, 5.41) is 15.8. The van der Waals surface area contributed by atoms with E-state index >= 15 is 0 Å². The van der Waals surface area contributed by atoms with Crippen LogP contribution in [0.1, 0.15) is 159 Å². The number of hydrogen-bond donors (Lipinski definition) is 0. The number of aryl methyl sites for hydroxylation is 2. The lowest BCUT2D eigenvalue weighted by atomic mass is 9.67. The second-order valence-electron chi connectivity index (χ2n) is 16.4. The Labute approximate surface area is 324 Å². The minimum absolute atomic E-state index is 0.0382. The van der Waals surface area contributed by atoms with Gasteiger partial charge in [0.15, 0.2) is 0 Å². The highest BCUT2D eigenvalue weighted by Gasteiger charge is 2.38. The van der Waals surface area contributed by atoms with E-state index in [1.165, 1.54) is 72.8 Å². The molecular formula is C46H55N3O6. The molecule has 7 rings (SSSR count). The second kappa shape index (κ2) is 16.1. The Morgan fingerprint density at radius 2 is 1.53 bits per heavy atom. The van der Waals surface area contributed by atoms with Crippen LogP contribution in [-0.2, 0) is 32.7 Å². The highest BCUT2D eigenvalue weighted by Crippen LogP contribution is 2.44. The third-order valence-corrected chi connectivity index (χ3v) is 12.2. The quantitative estimate of drug-likeness (QED) is 0.122. The van der Waals surface area contributed by atoms with E-state index in [4.69, 9.17) is 4.84 Å². The fourth-order valence-corrected chi connectivity index (χ4v) is 9.22. The van der Waals surface area contributed by atoms with Gasteiger partial charge in [-0.25, -0.2) is 9.37 Å². The molecule has 9 heteroatoms. The Kier molecular flexibility index (Phi) is 11.3. The fraction of sp³-hybridized carbons (Fsp3) is 0.500. The number of fused-ring (bicyclic) bond motifs is 4. The summed E-state index contributed by atoms with van der Waals surface area (Å²) in [6, 6.07) is 13.8. The first-order valence-corrected chi connectivity index (χ1v) is 20.7. The molecule has 290 valence electrons. The molecule has 2 amide bonds. The van der Waals surface area contributed by atoms with Gasteiger partial charge in [-0.05, 0) is 101 Å². The van der Waals surface area contributed by atoms with Gasteiger partial charge in [0.2, 0.25) is 5.36 Å². The predicted molar refractivity (Wildman–Crippen MR) is 211 cm³/mol. The number of aromatic carboxylic acids is 1. The molecule has 0 aromatic heterocycles. The summed E-state index contributed by atoms with van der Waals surface area (Å²) in [6.07, 6.45) is 13.5. The number of amides is 2. The molecule has 0 bridgehead atoms. The number of carbonyl (C=O) groups excluding carboxylic acids is 4. The number of benzene rings is 3. The number of imide groups is 1. The number of nitrogens with zero attached hydrogens (tertiary/aromatic N) is 3. The molecule has 0 N–H and O–H groups in total. The number of carbonyl (C=O) groups is 4. The number of unbranched alkanes of at least 4 members (excludes halogenated alkanes) is 6. The van der Waals surface area contributed by atoms with Crippen molar-refractivity contribution in [3.05, 3.63) is 97.5 Å². The van der Waals surface area contributed by atoms with E-state index in [0.29, 0.717) is 10.6 Å². The highest BCUT2D eigenvalue weighted by atomic mass is 16.7. The summed E-state index contributed by atoms with van der Waals surface area (Å²) in [5.74, 6) is -3.61. The van der Waals surface area contributed by atoms with Crippen molar-refractivity contribution >= 4 is 35.0 Å². The number of rotatable bonds is 14. The molecule has 1 saturated heterocycles. The van der Waals surface area contributed by atoms with Crippen molar-refractivity contribution in [2.75, 3.05) is 31.1 Å². The van der Waals surface area contributed by atoms with Crippen LogP contribution in [0.4, 0.5) is 5.69 Å². The summed E-state index contributed by atoms with van der Waals surface area (Å²) >= 11 is 0. The van der Waals surface area contributed by atoms with Crippen LogP contribution >= 0.6 is 0 Å². The van der Waals surface area contributed by atoms with Crippen LogP contribution < -0.4 is 25.2 Å². The van der Waals surface area contributed by atoms with Crippen LogP contribution in [0.15, 0.2) is 42.5 Å². The molecular weight excluding hydrogens is 691 g/mol. The molecule has 0 spiro atoms. The molecule has 3 aromatic carbocycles. The number of carboxylic acids is 1. The van der Waals surface area contributed by atoms with Crippen molar-refractivity contribution in [1.29, 1.82) is 0 Å². The average Bonchev–Trinajstić information content (AvgIpc) is 3.49. The minimum atomic E-state index is -1.43. The first-order valence-electron chi connectivity index (χ1n) is 20.7. The monoisotopic (exact) mass is 745 g/mol. The molecule has 0 atom stereocenters. The van der Waals surface area contributed by atoms with E-state index < -0.39 is 29.2 Å². The summed E-state index contributed by atoms with van der Waals surface area (Å²) in [6.45, 7) is 13.1. The molecule has 55 heavy (non-hydrogen) atoms. The van der Waals surface area contributed by atoms with Crippen molar-refractivity contribution < 1.29 is 29.1 Å². The van der Waals surface area contributed by atoms with Gasteiger partial charge in [-0.2, -0.15) is 0 Å². The number of anilines is 1. The summed E-state index contributed by atoms with van der Waals surface area (Å²) in [7, 11) is 0. The van der Waals surface area contributed by atoms with Crippen LogP contribution in [0.5, 0.6) is 0 Å². The molecule has 3 heterocycles. The van der Waals surface area contributed by atoms with Crippen molar-refractivity contribution in [3.8, 4) is 0 Å². The molecule has 1 aliphatic carbocycles. The van der Waals surface area contributed by atoms with Gasteiger partial charge in [0.1, 0.15) is 13.1 Å². The van der Waals surface area contributed by atoms with Crippen molar-refractivity contribution in [2.45, 2.75) is 123 Å². The summed E-state index contributed by atoms with van der Waals surface area (Å²) < 4.78 is 2.55. The van der Waals surface area contributed by atoms with E-state index in [-0.39, 0.29) is 24.0 Å². The molecule has 0 radical (unpaired) electrons. The number of hydrogen-bond acceptors (Lipinski definition) is 7. The maximum Gasteiger partial charge on any atom is 0.363 e. The first kappa shape index (κ1) is 38.5. The third-order valence-electron chi connectivity index (χ3n) is 12.2. The molecule has 4 aliphatic rings. The van der Waals surface area contributed by atoms with E-state index in [2.05, 4.69) is 61.4 Å². The predicted octanol–water partition coefficient (Wildman–Crippen LogP) is 5.51. The van der Waals surface area contributed by atoms with E-state index in [1.54, 1.807) is 6.07 Å². The number of hydroxylamine groups is 2. The van der Waals surface area contributed by atoms with Gasteiger partial charge < -0.3 is 19.6 Å². The molecule has 0 saturated carbocycles. The summed E-state index contributed by atoms with van der Waals surface area (Å²) in [4.78, 5) is 58.4. The summed E-state index contributed by atoms with van der Waals surface area (Å²) in [5.41, 5.74) is 7.77. The van der Waals surface area contributed by atoms with Gasteiger partial charge in [-0.1, -0.05) is 65.9 Å². The van der Waals surface area contributed by atoms with Crippen LogP contribution in [0.25, 0.3) is 5.57 Å². The molecule has 3 aromatic rings. The standard InChI is InChI=1S/C46H55N3O6/c1-5-7-9-11-21-47-23-13-15-30-25-35-37(28-39(30)47)46(3,4)38-29-40-31(16-14-24-48(40)22-12-10-8-6-2)26-36(38)43(35)33-18-17-32(27-34(33)44(52)53)45(54)55-49-41(50)19-20-42(49)51/h17-18,25-29H,5-16,19-24H2,1-4H3. The maximum absolute atomic E-state index is 13.2. The Morgan fingerprint density at radius 3 is 2.25 bits per heavy atom. The molecule has 9 nitrogen and oxygen atoms in total. The van der Waals surface area contributed by atoms with Gasteiger partial charge in [-0.15, -0.1) is 5.06 Å². The molecule has 3 aliphatic heterocycles. The van der Waals surface area contributed by atoms with Gasteiger partial charge in [0.05, 0.1) is 11.5 Å². The van der Waals surface area contributed by atoms with Crippen LogP contribution in [0, 0.1) is 0 Å². The van der Waals surface area contributed by atoms with Crippen LogP contribution in [0.3, 0.4) is 0 Å². The highest BCUT2D eigenvalue weighted by molar-refractivity contribution is 6.04. The van der Waals surface area contributed by atoms with Crippen molar-refractivity contribution in [2.24, 2.45) is 0 Å². The third kappa shape index (κ3) is 7.47. The van der Waals surface area contributed by atoms with E-state index in [9.17, 15) is 24.3 Å². The average molecular weight is 746 g/mol. The molecule has 1 fully saturated rings. The Hall–Kier alpha value is -4.79. The lowest BCUT2D eigenvalue weighted by Gasteiger charge is -2.39. The zero-order chi connectivity index (χ0) is 38.9. The largest absolute Gasteiger partial charge is 0.545 e. The smallest absolute Gasteiger partial charge is 0.363 e. The fourth-order valence-electron chi connectivity index (χ4n) is 9.22. The van der Waals surface area contributed by atoms with Crippen molar-refractivity contribution in [1.82, 2.24) is 9.64 Å². The SMILES string of the molecule is CCCCCCN1CCCc2cc3c(cc21)C(C)(C)c1cc2c(cc1=C3c1ccc(C(=O)ON3C(=O)CCC3=O)cc1C(=O)[O-])CCC[N+]=2CCCCCC. The minimum Gasteiger partial charge on any atom is -0.545 e. The zero-order valence-electron chi connectivity index (χ0n) is 33.1. The van der Waals surface area contributed by atoms with Gasteiger partial charge in [-0.3, -0.25) is 9.59 Å². The topological polar surface area (TPSA) is 110 Å². The van der Waals surface area contributed by atoms with E-state index in [1.807, 2.05) is 0 Å². The van der Waals surface area contributed by atoms with Gasteiger partial charge in [0.25, 0.3) is 11.8 Å². The lowest BCUT2D eigenvalue weighted by molar-refractivity contribution is -0.255. The first-order chi connectivity index (χ1) is 26.5. The Morgan fingerprint density at radius 1 is 0.800 bits per heavy atom. The second-order valence-corrected chi connectivity index (χ2v) is 16.4. The van der Waals surface area contributed by atoms with Gasteiger partial charge in [0, 0.05) is 67.1 Å². The normalized spacial score (nSPS) is 17.2. The zero-order valence-corrected chi connectivity index (χ0v) is 33.1. The van der Waals surface area contributed by atoms with Crippen LogP contribution in [-0.4, -0.2) is 55.0 Å². The Bertz CT molecular complexity index is 2150. The number of carboxylic acid groups (broad SMARTS) is 1.